The van der Waals surface area contributed by atoms with Crippen LogP contribution in [0.1, 0.15) is 78.9 Å². The van der Waals surface area contributed by atoms with E-state index in [-0.39, 0.29) is 43.6 Å². The van der Waals surface area contributed by atoms with Crippen LogP contribution in [-0.2, 0) is 32.2 Å². The summed E-state index contributed by atoms with van der Waals surface area (Å²) < 4.78 is 13.3. The number of likely N-dealkylation sites (N-methyl/N-ethyl adjacent to an activating group) is 1. The van der Waals surface area contributed by atoms with Crippen LogP contribution in [-0.4, -0.2) is 46.7 Å². The van der Waals surface area contributed by atoms with Crippen molar-refractivity contribution in [1.29, 1.82) is 0 Å². The third-order valence-corrected chi connectivity index (χ3v) is 8.75. The van der Waals surface area contributed by atoms with Gasteiger partial charge in [-0.25, -0.2) is 0 Å². The number of aliphatic hydroxyl groups excluding tert-OH is 1. The number of nitrogens with zero attached hydrogens (tertiary/aromatic N) is 1. The van der Waals surface area contributed by atoms with Gasteiger partial charge in [-0.3, -0.25) is 14.5 Å². The smallest absolute Gasteiger partial charge is 0.303 e. The van der Waals surface area contributed by atoms with E-state index in [1.807, 2.05) is 72.8 Å². The molecule has 4 atom stereocenters. The van der Waals surface area contributed by atoms with E-state index in [4.69, 9.17) is 14.6 Å². The molecule has 1 saturated heterocycles. The lowest BCUT2D eigenvalue weighted by molar-refractivity contribution is -0.253. The molecule has 246 valence electrons. The van der Waals surface area contributed by atoms with Crippen LogP contribution in [0.25, 0.3) is 11.1 Å². The van der Waals surface area contributed by atoms with Crippen LogP contribution in [0.15, 0.2) is 103 Å². The van der Waals surface area contributed by atoms with Gasteiger partial charge in [0, 0.05) is 44.0 Å². The molecule has 0 aromatic heterocycles. The number of hydrogen-bond donors (Lipinski definition) is 3. The van der Waals surface area contributed by atoms with Crippen LogP contribution in [0.5, 0.6) is 0 Å². The second-order valence-electron chi connectivity index (χ2n) is 12.2. The topological polar surface area (TPSA) is 108 Å². The lowest BCUT2D eigenvalue weighted by Gasteiger charge is -2.39. The quantitative estimate of drug-likeness (QED) is 0.137. The van der Waals surface area contributed by atoms with Gasteiger partial charge in [0.2, 0.25) is 5.91 Å². The second kappa shape index (κ2) is 16.5. The highest BCUT2D eigenvalue weighted by atomic mass is 16.7. The largest absolute Gasteiger partial charge is 0.481 e. The summed E-state index contributed by atoms with van der Waals surface area (Å²) >= 11 is 0. The molecule has 0 saturated carbocycles. The second-order valence-corrected chi connectivity index (χ2v) is 12.2. The molecule has 1 amide bonds. The number of rotatable bonds is 14. The summed E-state index contributed by atoms with van der Waals surface area (Å²) in [6.07, 6.45) is 0.335. The molecular formula is C39H44N2O6. The molecule has 4 aromatic carbocycles. The Morgan fingerprint density at radius 3 is 2.30 bits per heavy atom. The molecule has 1 aliphatic rings. The van der Waals surface area contributed by atoms with E-state index < -0.39 is 12.3 Å². The SMILES string of the molecule is C[C@@H](c1ccccc1)N(C)C[C@H]1C[C@@H](c2ccc(CO)cc2)O[C@@H](c2cccc(-c3cccc(CNC(=O)CCCC(=O)O)c3)c2)O1. The summed E-state index contributed by atoms with van der Waals surface area (Å²) in [4.78, 5) is 25.2. The van der Waals surface area contributed by atoms with Crippen molar-refractivity contribution in [2.45, 2.75) is 70.3 Å². The fraction of sp³-hybridized carbons (Fsp3) is 0.333. The van der Waals surface area contributed by atoms with Crippen molar-refractivity contribution in [1.82, 2.24) is 10.2 Å². The van der Waals surface area contributed by atoms with Crippen LogP contribution in [0, 0.1) is 0 Å². The minimum Gasteiger partial charge on any atom is -0.481 e. The molecule has 47 heavy (non-hydrogen) atoms. The number of aliphatic carboxylic acids is 1. The van der Waals surface area contributed by atoms with Crippen molar-refractivity contribution in [2.24, 2.45) is 0 Å². The highest BCUT2D eigenvalue weighted by Gasteiger charge is 2.33. The molecule has 0 aliphatic carbocycles. The van der Waals surface area contributed by atoms with Crippen molar-refractivity contribution in [3.05, 3.63) is 131 Å². The molecule has 0 unspecified atom stereocenters. The molecule has 0 radical (unpaired) electrons. The van der Waals surface area contributed by atoms with Gasteiger partial charge < -0.3 is 25.0 Å². The number of hydrogen-bond acceptors (Lipinski definition) is 6. The zero-order valence-electron chi connectivity index (χ0n) is 27.0. The summed E-state index contributed by atoms with van der Waals surface area (Å²) in [5.74, 6) is -1.06. The highest BCUT2D eigenvalue weighted by molar-refractivity contribution is 5.76. The van der Waals surface area contributed by atoms with Crippen LogP contribution >= 0.6 is 0 Å². The number of carboxylic acid groups (broad SMARTS) is 1. The predicted molar refractivity (Wildman–Crippen MR) is 181 cm³/mol. The molecular weight excluding hydrogens is 592 g/mol. The lowest BCUT2D eigenvalue weighted by atomic mass is 9.98. The van der Waals surface area contributed by atoms with E-state index in [0.29, 0.717) is 19.4 Å². The maximum absolute atomic E-state index is 12.2. The monoisotopic (exact) mass is 636 g/mol. The van der Waals surface area contributed by atoms with Gasteiger partial charge in [0.05, 0.1) is 18.8 Å². The fourth-order valence-corrected chi connectivity index (χ4v) is 5.91. The van der Waals surface area contributed by atoms with Gasteiger partial charge in [-0.15, -0.1) is 0 Å². The number of nitrogens with one attached hydrogen (secondary N) is 1. The van der Waals surface area contributed by atoms with E-state index in [9.17, 15) is 14.7 Å². The zero-order chi connectivity index (χ0) is 33.2. The Morgan fingerprint density at radius 2 is 1.57 bits per heavy atom. The number of ether oxygens (including phenoxy) is 2. The van der Waals surface area contributed by atoms with Gasteiger partial charge in [-0.2, -0.15) is 0 Å². The van der Waals surface area contributed by atoms with E-state index >= 15 is 0 Å². The number of carbonyl (C=O) groups excluding carboxylic acids is 1. The van der Waals surface area contributed by atoms with E-state index in [2.05, 4.69) is 54.5 Å². The molecule has 8 heteroatoms. The Labute approximate surface area is 277 Å². The normalized spacial score (nSPS) is 18.5. The van der Waals surface area contributed by atoms with Crippen molar-refractivity contribution in [3.63, 3.8) is 0 Å². The predicted octanol–water partition coefficient (Wildman–Crippen LogP) is 6.96. The van der Waals surface area contributed by atoms with Crippen LogP contribution in [0.2, 0.25) is 0 Å². The molecule has 8 nitrogen and oxygen atoms in total. The van der Waals surface area contributed by atoms with Gasteiger partial charge in [0.25, 0.3) is 0 Å². The standard InChI is InChI=1S/C39H44N2O6/c1-27(30-10-4-3-5-11-30)41(2)25-35-23-36(31-19-17-28(26-42)18-20-31)47-39(46-35)34-14-7-13-33(22-34)32-12-6-9-29(21-32)24-40-37(43)15-8-16-38(44)45/h3-7,9-14,17-22,27,35-36,39,42H,8,15-16,23-26H2,1-2H3,(H,40,43)(H,44,45)/t27-,35+,36-,39-/m0/s1. The number of amides is 1. The Bertz CT molecular complexity index is 1610. The van der Waals surface area contributed by atoms with Crippen molar-refractivity contribution < 1.29 is 29.3 Å². The third-order valence-electron chi connectivity index (χ3n) is 8.75. The number of benzene rings is 4. The Hall–Kier alpha value is -4.34. The molecule has 4 aromatic rings. The van der Waals surface area contributed by atoms with Gasteiger partial charge in [0.15, 0.2) is 6.29 Å². The summed E-state index contributed by atoms with van der Waals surface area (Å²) in [7, 11) is 2.13. The van der Waals surface area contributed by atoms with Crippen molar-refractivity contribution in [3.8, 4) is 11.1 Å². The van der Waals surface area contributed by atoms with Gasteiger partial charge in [-0.05, 0) is 65.9 Å². The maximum Gasteiger partial charge on any atom is 0.303 e. The van der Waals surface area contributed by atoms with Gasteiger partial charge in [-0.1, -0.05) is 91.0 Å². The third kappa shape index (κ3) is 9.59. The van der Waals surface area contributed by atoms with Crippen molar-refractivity contribution in [2.75, 3.05) is 13.6 Å². The first-order valence-electron chi connectivity index (χ1n) is 16.2. The molecule has 5 rings (SSSR count). The Morgan fingerprint density at radius 1 is 0.851 bits per heavy atom. The van der Waals surface area contributed by atoms with Crippen LogP contribution in [0.4, 0.5) is 0 Å². The van der Waals surface area contributed by atoms with E-state index in [1.54, 1.807) is 0 Å². The summed E-state index contributed by atoms with van der Waals surface area (Å²) in [6, 6.07) is 34.8. The Balaban J connectivity index is 1.32. The summed E-state index contributed by atoms with van der Waals surface area (Å²) in [5, 5.41) is 21.3. The minimum atomic E-state index is -0.899. The Kier molecular flexibility index (Phi) is 11.9. The average Bonchev–Trinajstić information content (AvgIpc) is 3.10. The first-order chi connectivity index (χ1) is 22.8. The highest BCUT2D eigenvalue weighted by Crippen LogP contribution is 2.39. The van der Waals surface area contributed by atoms with Crippen LogP contribution < -0.4 is 5.32 Å². The molecule has 1 heterocycles. The summed E-state index contributed by atoms with van der Waals surface area (Å²) in [5.41, 5.74) is 7.04. The number of carboxylic acids is 1. The van der Waals surface area contributed by atoms with Crippen LogP contribution in [0.3, 0.4) is 0 Å². The van der Waals surface area contributed by atoms with E-state index in [0.717, 1.165) is 39.9 Å². The lowest BCUT2D eigenvalue weighted by Crippen LogP contribution is -2.38. The molecule has 0 bridgehead atoms. The molecule has 3 N–H and O–H groups in total. The molecule has 1 aliphatic heterocycles. The maximum atomic E-state index is 12.2. The first kappa shape index (κ1) is 34.0. The first-order valence-corrected chi connectivity index (χ1v) is 16.2. The van der Waals surface area contributed by atoms with Crippen molar-refractivity contribution >= 4 is 11.9 Å². The van der Waals surface area contributed by atoms with E-state index in [1.165, 1.54) is 5.56 Å². The fourth-order valence-electron chi connectivity index (χ4n) is 5.91. The van der Waals surface area contributed by atoms with Gasteiger partial charge >= 0.3 is 5.97 Å². The molecule has 1 fully saturated rings. The minimum absolute atomic E-state index is 0.00448. The average molecular weight is 637 g/mol. The zero-order valence-corrected chi connectivity index (χ0v) is 27.0. The number of aliphatic hydroxyl groups is 1. The summed E-state index contributed by atoms with van der Waals surface area (Å²) in [6.45, 7) is 3.29. The number of carbonyl (C=O) groups is 2. The van der Waals surface area contributed by atoms with Gasteiger partial charge in [0.1, 0.15) is 0 Å². The molecule has 0 spiro atoms.